The number of carbonyl (C=O) groups excluding carboxylic acids is 2. The molecular weight excluding hydrogens is 304 g/mol. The van der Waals surface area contributed by atoms with Gasteiger partial charge in [0.05, 0.1) is 0 Å². The molecule has 0 aliphatic heterocycles. The Kier molecular flexibility index (Phi) is 6.68. The van der Waals surface area contributed by atoms with Crippen molar-refractivity contribution in [1.82, 2.24) is 4.90 Å². The Morgan fingerprint density at radius 2 is 2.00 bits per heavy atom. The van der Waals surface area contributed by atoms with Gasteiger partial charge in [0.15, 0.2) is 0 Å². The quantitative estimate of drug-likeness (QED) is 0.834. The van der Waals surface area contributed by atoms with Gasteiger partial charge >= 0.3 is 12.0 Å². The van der Waals surface area contributed by atoms with E-state index in [4.69, 9.17) is 16.3 Å². The number of hydrogen-bond donors (Lipinski definition) is 1. The van der Waals surface area contributed by atoms with E-state index in [1.54, 1.807) is 31.3 Å². The lowest BCUT2D eigenvalue weighted by atomic mass is 10.2. The standard InChI is InChI=1S/C16H23ClN2O3/c1-16(2,3)22-14(20)9-6-10-19(4)15(21)18-13-8-5-7-12(17)11-13/h5,7-8,11H,6,9-10H2,1-4H3,(H,18,21). The van der Waals surface area contributed by atoms with Gasteiger partial charge in [-0.2, -0.15) is 0 Å². The van der Waals surface area contributed by atoms with Crippen molar-refractivity contribution in [2.75, 3.05) is 18.9 Å². The van der Waals surface area contributed by atoms with E-state index in [1.807, 2.05) is 20.8 Å². The highest BCUT2D eigenvalue weighted by Crippen LogP contribution is 2.15. The number of nitrogens with zero attached hydrogens (tertiary/aromatic N) is 1. The van der Waals surface area contributed by atoms with Crippen molar-refractivity contribution < 1.29 is 14.3 Å². The molecule has 1 aromatic carbocycles. The van der Waals surface area contributed by atoms with Crippen molar-refractivity contribution >= 4 is 29.3 Å². The van der Waals surface area contributed by atoms with Crippen molar-refractivity contribution in [3.8, 4) is 0 Å². The predicted octanol–water partition coefficient (Wildman–Crippen LogP) is 3.93. The Bertz CT molecular complexity index is 526. The molecule has 0 bridgehead atoms. The summed E-state index contributed by atoms with van der Waals surface area (Å²) in [6.07, 6.45) is 0.834. The minimum Gasteiger partial charge on any atom is -0.460 e. The number of amides is 2. The summed E-state index contributed by atoms with van der Waals surface area (Å²) < 4.78 is 5.22. The highest BCUT2D eigenvalue weighted by molar-refractivity contribution is 6.30. The molecule has 0 saturated heterocycles. The molecule has 0 aliphatic carbocycles. The molecule has 0 heterocycles. The first-order valence-corrected chi connectivity index (χ1v) is 7.55. The Morgan fingerprint density at radius 3 is 2.59 bits per heavy atom. The normalized spacial score (nSPS) is 11.0. The van der Waals surface area contributed by atoms with E-state index in [2.05, 4.69) is 5.32 Å². The van der Waals surface area contributed by atoms with Crippen molar-refractivity contribution in [2.45, 2.75) is 39.2 Å². The fourth-order valence-corrected chi connectivity index (χ4v) is 1.93. The van der Waals surface area contributed by atoms with Gasteiger partial charge in [-0.05, 0) is 45.4 Å². The molecule has 0 fully saturated rings. The number of nitrogens with one attached hydrogen (secondary N) is 1. The summed E-state index contributed by atoms with van der Waals surface area (Å²) in [6.45, 7) is 5.95. The molecule has 0 aliphatic rings. The summed E-state index contributed by atoms with van der Waals surface area (Å²) in [5.41, 5.74) is 0.156. The van der Waals surface area contributed by atoms with Crippen LogP contribution < -0.4 is 5.32 Å². The zero-order chi connectivity index (χ0) is 16.8. The Balaban J connectivity index is 2.34. The van der Waals surface area contributed by atoms with Crippen molar-refractivity contribution in [3.63, 3.8) is 0 Å². The molecule has 0 unspecified atom stereocenters. The summed E-state index contributed by atoms with van der Waals surface area (Å²) in [4.78, 5) is 25.1. The van der Waals surface area contributed by atoms with Crippen LogP contribution in [-0.2, 0) is 9.53 Å². The van der Waals surface area contributed by atoms with Gasteiger partial charge in [0, 0.05) is 30.7 Å². The summed E-state index contributed by atoms with van der Waals surface area (Å²) in [6, 6.07) is 6.69. The van der Waals surface area contributed by atoms with Gasteiger partial charge in [0.1, 0.15) is 5.60 Å². The van der Waals surface area contributed by atoms with Crippen LogP contribution in [0, 0.1) is 0 Å². The van der Waals surface area contributed by atoms with Crippen molar-refractivity contribution in [2.24, 2.45) is 0 Å². The van der Waals surface area contributed by atoms with Crippen LogP contribution in [-0.4, -0.2) is 36.1 Å². The zero-order valence-electron chi connectivity index (χ0n) is 13.5. The van der Waals surface area contributed by atoms with Crippen LogP contribution in [0.25, 0.3) is 0 Å². The second-order valence-corrected chi connectivity index (χ2v) is 6.49. The number of anilines is 1. The van der Waals surface area contributed by atoms with Gasteiger partial charge in [-0.3, -0.25) is 4.79 Å². The molecule has 0 aromatic heterocycles. The molecule has 0 saturated carbocycles. The maximum Gasteiger partial charge on any atom is 0.321 e. The number of benzene rings is 1. The molecule has 2 amide bonds. The van der Waals surface area contributed by atoms with E-state index in [0.29, 0.717) is 23.7 Å². The number of esters is 1. The van der Waals surface area contributed by atoms with Gasteiger partial charge in [0.25, 0.3) is 0 Å². The molecule has 1 rings (SSSR count). The first kappa shape index (κ1) is 18.3. The van der Waals surface area contributed by atoms with Gasteiger partial charge in [-0.1, -0.05) is 17.7 Å². The SMILES string of the molecule is CN(CCCC(=O)OC(C)(C)C)C(=O)Nc1cccc(Cl)c1. The van der Waals surface area contributed by atoms with E-state index in [9.17, 15) is 9.59 Å². The molecule has 0 spiro atoms. The Hall–Kier alpha value is -1.75. The van der Waals surface area contributed by atoms with Crippen molar-refractivity contribution in [1.29, 1.82) is 0 Å². The third-order valence-corrected chi connectivity index (χ3v) is 2.95. The first-order chi connectivity index (χ1) is 10.2. The van der Waals surface area contributed by atoms with Crippen LogP contribution >= 0.6 is 11.6 Å². The van der Waals surface area contributed by atoms with E-state index < -0.39 is 5.60 Å². The maximum atomic E-state index is 12.0. The maximum absolute atomic E-state index is 12.0. The lowest BCUT2D eigenvalue weighted by Crippen LogP contribution is -2.32. The number of halogens is 1. The zero-order valence-corrected chi connectivity index (χ0v) is 14.2. The fraction of sp³-hybridized carbons (Fsp3) is 0.500. The summed E-state index contributed by atoms with van der Waals surface area (Å²) >= 11 is 5.86. The lowest BCUT2D eigenvalue weighted by Gasteiger charge is -2.20. The number of urea groups is 1. The molecule has 1 N–H and O–H groups in total. The van der Waals surface area contributed by atoms with E-state index in [1.165, 1.54) is 4.90 Å². The van der Waals surface area contributed by atoms with E-state index in [0.717, 1.165) is 0 Å². The molecule has 1 aromatic rings. The number of hydrogen-bond acceptors (Lipinski definition) is 3. The summed E-state index contributed by atoms with van der Waals surface area (Å²) in [5, 5.41) is 3.31. The van der Waals surface area contributed by atoms with Crippen LogP contribution in [0.3, 0.4) is 0 Å². The number of carbonyl (C=O) groups is 2. The largest absolute Gasteiger partial charge is 0.460 e. The number of ether oxygens (including phenoxy) is 1. The van der Waals surface area contributed by atoms with Gasteiger partial charge < -0.3 is 15.0 Å². The van der Waals surface area contributed by atoms with Gasteiger partial charge in [-0.15, -0.1) is 0 Å². The van der Waals surface area contributed by atoms with Gasteiger partial charge in [0.2, 0.25) is 0 Å². The summed E-state index contributed by atoms with van der Waals surface area (Å²) in [7, 11) is 1.68. The Morgan fingerprint density at radius 1 is 1.32 bits per heavy atom. The molecule has 0 atom stereocenters. The average Bonchev–Trinajstić information content (AvgIpc) is 2.36. The summed E-state index contributed by atoms with van der Waals surface area (Å²) in [5.74, 6) is -0.254. The van der Waals surface area contributed by atoms with Crippen LogP contribution in [0.1, 0.15) is 33.6 Å². The van der Waals surface area contributed by atoms with E-state index in [-0.39, 0.29) is 18.4 Å². The highest BCUT2D eigenvalue weighted by atomic mass is 35.5. The molecule has 6 heteroatoms. The minimum atomic E-state index is -0.479. The molecule has 5 nitrogen and oxygen atoms in total. The van der Waals surface area contributed by atoms with Crippen molar-refractivity contribution in [3.05, 3.63) is 29.3 Å². The minimum absolute atomic E-state index is 0.244. The number of rotatable bonds is 5. The first-order valence-electron chi connectivity index (χ1n) is 7.17. The average molecular weight is 327 g/mol. The van der Waals surface area contributed by atoms with Gasteiger partial charge in [-0.25, -0.2) is 4.79 Å². The topological polar surface area (TPSA) is 58.6 Å². The smallest absolute Gasteiger partial charge is 0.321 e. The van der Waals surface area contributed by atoms with Crippen LogP contribution in [0.4, 0.5) is 10.5 Å². The molecule has 22 heavy (non-hydrogen) atoms. The Labute approximate surface area is 136 Å². The lowest BCUT2D eigenvalue weighted by molar-refractivity contribution is -0.154. The van der Waals surface area contributed by atoms with E-state index >= 15 is 0 Å². The van der Waals surface area contributed by atoms with Crippen LogP contribution in [0.15, 0.2) is 24.3 Å². The second-order valence-electron chi connectivity index (χ2n) is 6.05. The monoisotopic (exact) mass is 326 g/mol. The molecule has 122 valence electrons. The third-order valence-electron chi connectivity index (χ3n) is 2.72. The fourth-order valence-electron chi connectivity index (χ4n) is 1.74. The molecular formula is C16H23ClN2O3. The predicted molar refractivity (Wildman–Crippen MR) is 88.2 cm³/mol. The highest BCUT2D eigenvalue weighted by Gasteiger charge is 2.16. The second kappa shape index (κ2) is 8.03. The third kappa shape index (κ3) is 7.31. The van der Waals surface area contributed by atoms with Crippen LogP contribution in [0.2, 0.25) is 5.02 Å². The van der Waals surface area contributed by atoms with Crippen LogP contribution in [0.5, 0.6) is 0 Å². The molecule has 0 radical (unpaired) electrons.